The number of benzene rings is 1. The summed E-state index contributed by atoms with van der Waals surface area (Å²) < 4.78 is 1.80. The van der Waals surface area contributed by atoms with Crippen molar-refractivity contribution in [1.29, 1.82) is 5.26 Å². The number of carbonyl (C=O) groups is 1. The van der Waals surface area contributed by atoms with Crippen molar-refractivity contribution >= 4 is 23.4 Å². The van der Waals surface area contributed by atoms with Gasteiger partial charge in [0.15, 0.2) is 11.0 Å². The molecule has 0 fully saturated rings. The van der Waals surface area contributed by atoms with Gasteiger partial charge < -0.3 is 9.88 Å². The monoisotopic (exact) mass is 350 g/mol. The topological polar surface area (TPSA) is 96.5 Å². The second kappa shape index (κ2) is 7.59. The lowest BCUT2D eigenvalue weighted by Crippen LogP contribution is -2.15. The Morgan fingerprint density at radius 2 is 2.04 bits per heavy atom. The van der Waals surface area contributed by atoms with E-state index in [1.807, 2.05) is 25.2 Å². The lowest BCUT2D eigenvalue weighted by Gasteiger charge is -2.06. The number of thioether (sulfide) groups is 1. The van der Waals surface area contributed by atoms with E-state index in [9.17, 15) is 4.79 Å². The van der Waals surface area contributed by atoms with E-state index in [0.717, 1.165) is 5.69 Å². The number of aromatic nitrogens is 4. The number of nitriles is 1. The third-order valence-electron chi connectivity index (χ3n) is 3.38. The summed E-state index contributed by atoms with van der Waals surface area (Å²) >= 11 is 1.27. The average molecular weight is 350 g/mol. The molecule has 0 atom stereocenters. The van der Waals surface area contributed by atoms with Gasteiger partial charge in [-0.05, 0) is 24.3 Å². The largest absolute Gasteiger partial charge is 0.324 e. The van der Waals surface area contributed by atoms with E-state index in [1.165, 1.54) is 11.8 Å². The lowest BCUT2D eigenvalue weighted by atomic mass is 10.2. The van der Waals surface area contributed by atoms with Gasteiger partial charge in [-0.1, -0.05) is 30.0 Å². The molecule has 1 aromatic carbocycles. The Balaban J connectivity index is 1.65. The molecule has 0 radical (unpaired) electrons. The van der Waals surface area contributed by atoms with E-state index in [0.29, 0.717) is 22.2 Å². The van der Waals surface area contributed by atoms with Crippen molar-refractivity contribution in [3.05, 3.63) is 54.2 Å². The Bertz CT molecular complexity index is 932. The predicted molar refractivity (Wildman–Crippen MR) is 94.7 cm³/mol. The Kier molecular flexibility index (Phi) is 5.06. The average Bonchev–Trinajstić information content (AvgIpc) is 3.02. The van der Waals surface area contributed by atoms with Crippen LogP contribution in [0.5, 0.6) is 0 Å². The summed E-state index contributed by atoms with van der Waals surface area (Å²) in [7, 11) is 1.83. The fraction of sp³-hybridized carbons (Fsp3) is 0.118. The zero-order valence-electron chi connectivity index (χ0n) is 13.4. The second-order valence-corrected chi connectivity index (χ2v) is 6.02. The van der Waals surface area contributed by atoms with Gasteiger partial charge >= 0.3 is 0 Å². The van der Waals surface area contributed by atoms with E-state index in [-0.39, 0.29) is 11.7 Å². The van der Waals surface area contributed by atoms with Gasteiger partial charge in [0.25, 0.3) is 0 Å². The third-order valence-corrected chi connectivity index (χ3v) is 4.40. The van der Waals surface area contributed by atoms with Crippen LogP contribution >= 0.6 is 11.8 Å². The summed E-state index contributed by atoms with van der Waals surface area (Å²) in [5.41, 5.74) is 1.65. The molecule has 3 aromatic rings. The highest BCUT2D eigenvalue weighted by atomic mass is 32.2. The minimum absolute atomic E-state index is 0.161. The van der Waals surface area contributed by atoms with Crippen LogP contribution in [0.15, 0.2) is 53.8 Å². The predicted octanol–water partition coefficient (Wildman–Crippen LogP) is 2.48. The molecule has 0 aliphatic rings. The number of amides is 1. The van der Waals surface area contributed by atoms with E-state index < -0.39 is 0 Å². The zero-order chi connectivity index (χ0) is 17.6. The van der Waals surface area contributed by atoms with Crippen molar-refractivity contribution in [3.8, 4) is 17.6 Å². The molecule has 2 heterocycles. The summed E-state index contributed by atoms with van der Waals surface area (Å²) in [6.07, 6.45) is 1.69. The molecule has 124 valence electrons. The molecule has 1 N–H and O–H groups in total. The number of nitrogens with zero attached hydrogens (tertiary/aromatic N) is 5. The van der Waals surface area contributed by atoms with Gasteiger partial charge in [-0.2, -0.15) is 5.26 Å². The van der Waals surface area contributed by atoms with Gasteiger partial charge in [-0.15, -0.1) is 10.2 Å². The fourth-order valence-corrected chi connectivity index (χ4v) is 2.88. The number of anilines is 1. The third kappa shape index (κ3) is 3.84. The van der Waals surface area contributed by atoms with Crippen LogP contribution in [-0.4, -0.2) is 31.4 Å². The van der Waals surface area contributed by atoms with Crippen molar-refractivity contribution in [2.75, 3.05) is 11.1 Å². The summed E-state index contributed by atoms with van der Waals surface area (Å²) in [6, 6.07) is 14.5. The molecule has 0 aliphatic carbocycles. The normalized spacial score (nSPS) is 10.2. The fourth-order valence-electron chi connectivity index (χ4n) is 2.16. The van der Waals surface area contributed by atoms with Gasteiger partial charge in [-0.3, -0.25) is 9.78 Å². The highest BCUT2D eigenvalue weighted by Crippen LogP contribution is 2.21. The number of nitrogens with one attached hydrogen (secondary N) is 1. The molecular formula is C17H14N6OS. The van der Waals surface area contributed by atoms with Crippen molar-refractivity contribution < 1.29 is 4.79 Å². The summed E-state index contributed by atoms with van der Waals surface area (Å²) in [6.45, 7) is 0. The second-order valence-electron chi connectivity index (χ2n) is 5.07. The Morgan fingerprint density at radius 3 is 2.80 bits per heavy atom. The molecule has 0 saturated carbocycles. The molecule has 0 bridgehead atoms. The van der Waals surface area contributed by atoms with E-state index in [1.54, 1.807) is 35.0 Å². The Hall–Kier alpha value is -3.18. The number of pyridine rings is 1. The van der Waals surface area contributed by atoms with Gasteiger partial charge in [0.2, 0.25) is 5.91 Å². The van der Waals surface area contributed by atoms with Crippen molar-refractivity contribution in [3.63, 3.8) is 0 Å². The molecule has 2 aromatic heterocycles. The number of para-hydroxylation sites is 1. The molecule has 7 nitrogen and oxygen atoms in total. The lowest BCUT2D eigenvalue weighted by molar-refractivity contribution is -0.113. The van der Waals surface area contributed by atoms with Crippen molar-refractivity contribution in [2.45, 2.75) is 5.16 Å². The molecule has 0 saturated heterocycles. The first-order chi connectivity index (χ1) is 12.2. The van der Waals surface area contributed by atoms with Crippen LogP contribution < -0.4 is 5.32 Å². The van der Waals surface area contributed by atoms with Crippen LogP contribution in [0.4, 0.5) is 5.69 Å². The first kappa shape index (κ1) is 16.7. The minimum Gasteiger partial charge on any atom is -0.324 e. The van der Waals surface area contributed by atoms with Gasteiger partial charge in [0.1, 0.15) is 11.8 Å². The zero-order valence-corrected chi connectivity index (χ0v) is 14.2. The quantitative estimate of drug-likeness (QED) is 0.710. The summed E-state index contributed by atoms with van der Waals surface area (Å²) in [5.74, 6) is 0.585. The maximum atomic E-state index is 12.1. The smallest absolute Gasteiger partial charge is 0.234 e. The van der Waals surface area contributed by atoms with Crippen molar-refractivity contribution in [2.24, 2.45) is 7.05 Å². The highest BCUT2D eigenvalue weighted by Gasteiger charge is 2.14. The molecule has 8 heteroatoms. The van der Waals surface area contributed by atoms with Gasteiger partial charge in [-0.25, -0.2) is 0 Å². The number of carbonyl (C=O) groups excluding carboxylic acids is 1. The summed E-state index contributed by atoms with van der Waals surface area (Å²) in [5, 5.41) is 20.6. The number of hydrogen-bond donors (Lipinski definition) is 1. The highest BCUT2D eigenvalue weighted by molar-refractivity contribution is 7.99. The van der Waals surface area contributed by atoms with Crippen LogP contribution in [0.25, 0.3) is 11.5 Å². The Labute approximate surface area is 148 Å². The van der Waals surface area contributed by atoms with E-state index in [2.05, 4.69) is 26.6 Å². The summed E-state index contributed by atoms with van der Waals surface area (Å²) in [4.78, 5) is 16.4. The molecule has 0 spiro atoms. The van der Waals surface area contributed by atoms with Crippen molar-refractivity contribution in [1.82, 2.24) is 19.7 Å². The van der Waals surface area contributed by atoms with Gasteiger partial charge in [0.05, 0.1) is 17.0 Å². The molecule has 0 aliphatic heterocycles. The van der Waals surface area contributed by atoms with Crippen LogP contribution in [0, 0.1) is 11.3 Å². The van der Waals surface area contributed by atoms with Crippen LogP contribution in [-0.2, 0) is 11.8 Å². The van der Waals surface area contributed by atoms with Gasteiger partial charge in [0, 0.05) is 13.2 Å². The minimum atomic E-state index is -0.213. The first-order valence-electron chi connectivity index (χ1n) is 7.41. The Morgan fingerprint density at radius 1 is 1.24 bits per heavy atom. The molecule has 3 rings (SSSR count). The van der Waals surface area contributed by atoms with Crippen LogP contribution in [0.1, 0.15) is 5.56 Å². The SMILES string of the molecule is Cn1c(SCC(=O)Nc2ccccc2C#N)nnc1-c1ccccn1. The standard InChI is InChI=1S/C17H14N6OS/c1-23-16(14-8-4-5-9-19-14)21-22-17(23)25-11-15(24)20-13-7-3-2-6-12(13)10-18/h2-9H,11H2,1H3,(H,20,24). The molecule has 25 heavy (non-hydrogen) atoms. The first-order valence-corrected chi connectivity index (χ1v) is 8.40. The van der Waals surface area contributed by atoms with E-state index >= 15 is 0 Å². The maximum Gasteiger partial charge on any atom is 0.234 e. The van der Waals surface area contributed by atoms with E-state index in [4.69, 9.17) is 5.26 Å². The number of hydrogen-bond acceptors (Lipinski definition) is 6. The molecule has 0 unspecified atom stereocenters. The van der Waals surface area contributed by atoms with Crippen LogP contribution in [0.2, 0.25) is 0 Å². The van der Waals surface area contributed by atoms with Crippen LogP contribution in [0.3, 0.4) is 0 Å². The maximum absolute atomic E-state index is 12.1. The molecule has 1 amide bonds. The number of rotatable bonds is 5. The molecular weight excluding hydrogens is 336 g/mol.